The van der Waals surface area contributed by atoms with Gasteiger partial charge in [-0.3, -0.25) is 4.79 Å². The standard InChI is InChI=1S/C28H24NO.C5H8O2.Ir/c1-27(2,3)17-13-12-16-15-29-26-18-8-6-10-21-23(18)24-20(9-7-11-22(24)30-21)28(4,5)25(26)19(16)14-17;1-4(6)3-5(2)7;/h6-7,9-15H,1-5H3;3,6H,1-2H3;/q-1;;/b;4-3-;. The third-order valence-electron chi connectivity index (χ3n) is 7.16. The average molecular weight is 683 g/mol. The van der Waals surface area contributed by atoms with Crippen molar-refractivity contribution in [1.82, 2.24) is 4.98 Å². The number of nitrogens with zero attached hydrogens (tertiary/aromatic N) is 1. The van der Waals surface area contributed by atoms with Crippen LogP contribution in [0, 0.1) is 6.07 Å². The molecular formula is C33H32IrNO3-. The molecule has 4 nitrogen and oxygen atoms in total. The zero-order chi connectivity index (χ0) is 26.7. The minimum absolute atomic E-state index is 0. The molecule has 197 valence electrons. The number of pyridine rings is 1. The maximum atomic E-state index is 10.0. The van der Waals surface area contributed by atoms with Gasteiger partial charge in [0, 0.05) is 37.8 Å². The van der Waals surface area contributed by atoms with E-state index in [0.29, 0.717) is 0 Å². The van der Waals surface area contributed by atoms with Crippen molar-refractivity contribution in [2.45, 2.75) is 59.3 Å². The summed E-state index contributed by atoms with van der Waals surface area (Å²) < 4.78 is 6.22. The van der Waals surface area contributed by atoms with Crippen molar-refractivity contribution in [2.75, 3.05) is 0 Å². The van der Waals surface area contributed by atoms with Crippen LogP contribution in [0.1, 0.15) is 65.2 Å². The molecule has 0 aliphatic heterocycles. The number of rotatable bonds is 1. The van der Waals surface area contributed by atoms with E-state index in [1.54, 1.807) is 0 Å². The molecule has 1 aliphatic rings. The maximum Gasteiger partial charge on any atom is 0.155 e. The number of fused-ring (bicyclic) bond motifs is 4. The summed E-state index contributed by atoms with van der Waals surface area (Å²) in [4.78, 5) is 15.0. The van der Waals surface area contributed by atoms with Crippen LogP contribution < -0.4 is 0 Å². The number of carbonyl (C=O) groups excluding carboxylic acids is 1. The van der Waals surface area contributed by atoms with Gasteiger partial charge in [-0.15, -0.1) is 17.7 Å². The van der Waals surface area contributed by atoms with Crippen LogP contribution in [0.15, 0.2) is 71.0 Å². The monoisotopic (exact) mass is 683 g/mol. The first kappa shape index (κ1) is 27.8. The van der Waals surface area contributed by atoms with E-state index in [0.717, 1.165) is 27.8 Å². The number of carbonyl (C=O) groups is 1. The SMILES string of the molecule is CC(=O)/C=C(/C)O.CC(C)(C)c1ccc2cnc3c(c2c1)C(C)(C)c1cccc2oc4cc[c-]c-3c4c12.[Ir]. The minimum atomic E-state index is -0.235. The number of allylic oxidation sites excluding steroid dienone is 2. The van der Waals surface area contributed by atoms with E-state index in [2.05, 4.69) is 77.1 Å². The van der Waals surface area contributed by atoms with Gasteiger partial charge in [-0.25, -0.2) is 0 Å². The topological polar surface area (TPSA) is 63.3 Å². The van der Waals surface area contributed by atoms with Gasteiger partial charge in [0.25, 0.3) is 0 Å². The van der Waals surface area contributed by atoms with E-state index >= 15 is 0 Å². The summed E-state index contributed by atoms with van der Waals surface area (Å²) >= 11 is 0. The second-order valence-electron chi connectivity index (χ2n) is 11.4. The molecule has 0 spiro atoms. The van der Waals surface area contributed by atoms with Crippen LogP contribution in [-0.4, -0.2) is 15.9 Å². The quantitative estimate of drug-likeness (QED) is 0.109. The summed E-state index contributed by atoms with van der Waals surface area (Å²) in [6.07, 6.45) is 3.18. The van der Waals surface area contributed by atoms with E-state index in [1.165, 1.54) is 52.8 Å². The Morgan fingerprint density at radius 2 is 1.76 bits per heavy atom. The summed E-state index contributed by atoms with van der Waals surface area (Å²) in [5.74, 6) is -0.0625. The predicted octanol–water partition coefficient (Wildman–Crippen LogP) is 8.57. The Kier molecular flexibility index (Phi) is 7.16. The van der Waals surface area contributed by atoms with Crippen molar-refractivity contribution < 1.29 is 34.4 Å². The summed E-state index contributed by atoms with van der Waals surface area (Å²) in [6.45, 7) is 14.3. The number of ketones is 1. The van der Waals surface area contributed by atoms with Crippen molar-refractivity contribution in [3.8, 4) is 11.3 Å². The van der Waals surface area contributed by atoms with E-state index in [-0.39, 0.29) is 42.5 Å². The van der Waals surface area contributed by atoms with Crippen molar-refractivity contribution in [3.63, 3.8) is 0 Å². The summed E-state index contributed by atoms with van der Waals surface area (Å²) in [5, 5.41) is 13.2. The normalized spacial score (nSPS) is 14.0. The van der Waals surface area contributed by atoms with E-state index in [1.807, 2.05) is 18.3 Å². The van der Waals surface area contributed by atoms with Gasteiger partial charge < -0.3 is 14.5 Å². The smallest absolute Gasteiger partial charge is 0.155 e. The zero-order valence-corrected chi connectivity index (χ0v) is 25.2. The number of benzene rings is 3. The molecule has 0 saturated carbocycles. The molecular weight excluding hydrogens is 651 g/mol. The van der Waals surface area contributed by atoms with E-state index in [4.69, 9.17) is 14.5 Å². The van der Waals surface area contributed by atoms with Crippen LogP contribution >= 0.6 is 0 Å². The van der Waals surface area contributed by atoms with Crippen LogP contribution in [0.4, 0.5) is 0 Å². The first-order valence-electron chi connectivity index (χ1n) is 12.6. The third kappa shape index (κ3) is 4.59. The predicted molar refractivity (Wildman–Crippen MR) is 151 cm³/mol. The van der Waals surface area contributed by atoms with Crippen LogP contribution in [-0.2, 0) is 35.7 Å². The number of hydrogen-bond acceptors (Lipinski definition) is 4. The number of furan rings is 1. The average Bonchev–Trinajstić information content (AvgIpc) is 3.16. The summed E-state index contributed by atoms with van der Waals surface area (Å²) in [7, 11) is 0. The summed E-state index contributed by atoms with van der Waals surface area (Å²) in [6, 6.07) is 20.7. The number of aliphatic hydroxyl groups is 1. The molecule has 1 radical (unpaired) electrons. The fourth-order valence-electron chi connectivity index (χ4n) is 5.44. The van der Waals surface area contributed by atoms with Crippen molar-refractivity contribution in [2.24, 2.45) is 0 Å². The third-order valence-corrected chi connectivity index (χ3v) is 7.16. The second kappa shape index (κ2) is 9.80. The Morgan fingerprint density at radius 1 is 1.05 bits per heavy atom. The van der Waals surface area contributed by atoms with Gasteiger partial charge in [0.05, 0.1) is 11.3 Å². The van der Waals surface area contributed by atoms with Crippen LogP contribution in [0.5, 0.6) is 0 Å². The molecule has 0 amide bonds. The van der Waals surface area contributed by atoms with Crippen LogP contribution in [0.25, 0.3) is 44.0 Å². The number of hydrogen-bond donors (Lipinski definition) is 1. The Bertz CT molecular complexity index is 1730. The number of aromatic nitrogens is 1. The van der Waals surface area contributed by atoms with Crippen LogP contribution in [0.2, 0.25) is 0 Å². The largest absolute Gasteiger partial charge is 0.512 e. The summed E-state index contributed by atoms with van der Waals surface area (Å²) in [5.41, 5.74) is 7.65. The van der Waals surface area contributed by atoms with E-state index < -0.39 is 0 Å². The molecule has 3 aromatic carbocycles. The van der Waals surface area contributed by atoms with Gasteiger partial charge >= 0.3 is 0 Å². The Morgan fingerprint density at radius 3 is 2.39 bits per heavy atom. The van der Waals surface area contributed by atoms with Gasteiger partial charge in [-0.1, -0.05) is 76.4 Å². The molecule has 0 atom stereocenters. The van der Waals surface area contributed by atoms with Crippen molar-refractivity contribution in [3.05, 3.63) is 89.3 Å². The first-order chi connectivity index (χ1) is 17.4. The molecule has 5 aromatic rings. The van der Waals surface area contributed by atoms with Gasteiger partial charge in [-0.2, -0.15) is 0 Å². The molecule has 0 fully saturated rings. The van der Waals surface area contributed by atoms with Crippen molar-refractivity contribution >= 4 is 38.5 Å². The van der Waals surface area contributed by atoms with Crippen LogP contribution in [0.3, 0.4) is 0 Å². The molecule has 6 rings (SSSR count). The molecule has 5 heteroatoms. The Labute approximate surface area is 237 Å². The molecule has 0 bridgehead atoms. The Hall–Kier alpha value is -3.27. The van der Waals surface area contributed by atoms with Crippen molar-refractivity contribution in [1.29, 1.82) is 0 Å². The molecule has 1 N–H and O–H groups in total. The molecule has 38 heavy (non-hydrogen) atoms. The maximum absolute atomic E-state index is 10.0. The molecule has 0 saturated heterocycles. The first-order valence-corrected chi connectivity index (χ1v) is 12.6. The van der Waals surface area contributed by atoms with E-state index in [9.17, 15) is 4.79 Å². The van der Waals surface area contributed by atoms with Gasteiger partial charge in [-0.05, 0) is 63.9 Å². The Balaban J connectivity index is 0.000000375. The molecule has 2 aromatic heterocycles. The minimum Gasteiger partial charge on any atom is -0.512 e. The second-order valence-corrected chi connectivity index (χ2v) is 11.4. The molecule has 1 aliphatic carbocycles. The van der Waals surface area contributed by atoms with Gasteiger partial charge in [0.15, 0.2) is 5.78 Å². The van der Waals surface area contributed by atoms with Gasteiger partial charge in [0.1, 0.15) is 5.58 Å². The molecule has 0 unspecified atom stereocenters. The molecule has 2 heterocycles. The zero-order valence-electron chi connectivity index (χ0n) is 22.8. The fourth-order valence-corrected chi connectivity index (χ4v) is 5.44. The fraction of sp³-hybridized carbons (Fsp3) is 0.273. The van der Waals surface area contributed by atoms with Gasteiger partial charge in [0.2, 0.25) is 0 Å². The number of aliphatic hydroxyl groups excluding tert-OH is 1.